The standard InChI is InChI=1S/C32H45N3O6/c1-9-16-33(22-12-14-23(15-13-22)40-11-3)27(37)24-25-28(38)34(18-19-36)26(29(39)35(17-10-2)30(5,6)7)32(25)20-21(4)31(24,8)41-32/h9-10,12-15,21,24-26,36H,1-2,11,16-20H2,3-8H3/t21?,24-,25-,26?,31+,32?/m0/s1. The Kier molecular flexibility index (Phi) is 8.45. The lowest BCUT2D eigenvalue weighted by Crippen LogP contribution is -2.60. The summed E-state index contributed by atoms with van der Waals surface area (Å²) in [6, 6.07) is 6.29. The molecular formula is C32H45N3O6. The average Bonchev–Trinajstić information content (AvgIpc) is 3.42. The van der Waals surface area contributed by atoms with Gasteiger partial charge in [0.1, 0.15) is 17.4 Å². The van der Waals surface area contributed by atoms with Gasteiger partial charge in [0, 0.05) is 30.9 Å². The molecule has 0 aromatic heterocycles. The molecule has 3 unspecified atom stereocenters. The molecule has 2 bridgehead atoms. The SMILES string of the molecule is C=CCN(C(=O)[C@@H]1[C@H]2C(=O)N(CCO)C(C(=O)N(CC=C)C(C)(C)C)C23CC(C)[C@@]1(C)O3)c1ccc(OCC)cc1. The van der Waals surface area contributed by atoms with E-state index < -0.39 is 34.6 Å². The van der Waals surface area contributed by atoms with E-state index in [2.05, 4.69) is 13.2 Å². The summed E-state index contributed by atoms with van der Waals surface area (Å²) in [5.74, 6) is -1.94. The maximum absolute atomic E-state index is 14.5. The molecule has 1 N–H and O–H groups in total. The van der Waals surface area contributed by atoms with Crippen molar-refractivity contribution in [2.24, 2.45) is 17.8 Å². The number of hydrogen-bond donors (Lipinski definition) is 1. The first-order valence-corrected chi connectivity index (χ1v) is 14.5. The van der Waals surface area contributed by atoms with Gasteiger partial charge in [-0.25, -0.2) is 0 Å². The van der Waals surface area contributed by atoms with Crippen molar-refractivity contribution in [1.82, 2.24) is 9.80 Å². The van der Waals surface area contributed by atoms with E-state index in [-0.39, 0.29) is 43.3 Å². The van der Waals surface area contributed by atoms with E-state index in [4.69, 9.17) is 9.47 Å². The second-order valence-electron chi connectivity index (χ2n) is 12.5. The van der Waals surface area contributed by atoms with Crippen LogP contribution in [0.4, 0.5) is 5.69 Å². The van der Waals surface area contributed by atoms with Crippen molar-refractivity contribution in [2.75, 3.05) is 37.7 Å². The third kappa shape index (κ3) is 4.87. The number of ether oxygens (including phenoxy) is 2. The Morgan fingerprint density at radius 1 is 1.17 bits per heavy atom. The molecule has 1 spiro atoms. The van der Waals surface area contributed by atoms with Crippen LogP contribution in [-0.4, -0.2) is 88.3 Å². The molecule has 3 amide bonds. The number of hydrogen-bond acceptors (Lipinski definition) is 6. The first-order chi connectivity index (χ1) is 19.3. The molecule has 3 aliphatic rings. The van der Waals surface area contributed by atoms with Gasteiger partial charge in [-0.3, -0.25) is 14.4 Å². The summed E-state index contributed by atoms with van der Waals surface area (Å²) in [6.07, 6.45) is 3.78. The van der Waals surface area contributed by atoms with E-state index in [1.54, 1.807) is 22.0 Å². The molecule has 3 saturated heterocycles. The number of aliphatic hydroxyl groups is 1. The van der Waals surface area contributed by atoms with Gasteiger partial charge < -0.3 is 29.3 Å². The maximum atomic E-state index is 14.5. The molecule has 3 fully saturated rings. The summed E-state index contributed by atoms with van der Waals surface area (Å²) in [4.78, 5) is 47.9. The largest absolute Gasteiger partial charge is 0.494 e. The van der Waals surface area contributed by atoms with Gasteiger partial charge in [-0.1, -0.05) is 19.1 Å². The van der Waals surface area contributed by atoms with Crippen molar-refractivity contribution in [1.29, 1.82) is 0 Å². The highest BCUT2D eigenvalue weighted by molar-refractivity contribution is 6.03. The first-order valence-electron chi connectivity index (χ1n) is 14.5. The topological polar surface area (TPSA) is 99.6 Å². The summed E-state index contributed by atoms with van der Waals surface area (Å²) >= 11 is 0. The highest BCUT2D eigenvalue weighted by Gasteiger charge is 2.80. The van der Waals surface area contributed by atoms with Crippen molar-refractivity contribution in [3.8, 4) is 5.75 Å². The summed E-state index contributed by atoms with van der Waals surface area (Å²) in [6.45, 7) is 20.0. The molecule has 224 valence electrons. The molecular weight excluding hydrogens is 522 g/mol. The lowest BCUT2D eigenvalue weighted by Gasteiger charge is -2.42. The van der Waals surface area contributed by atoms with E-state index in [0.717, 1.165) is 0 Å². The Bertz CT molecular complexity index is 1190. The maximum Gasteiger partial charge on any atom is 0.249 e. The molecule has 9 nitrogen and oxygen atoms in total. The second kappa shape index (κ2) is 11.2. The Balaban J connectivity index is 1.81. The Morgan fingerprint density at radius 2 is 1.80 bits per heavy atom. The fourth-order valence-electron chi connectivity index (χ4n) is 7.22. The predicted molar refractivity (Wildman–Crippen MR) is 157 cm³/mol. The number of amides is 3. The number of anilines is 1. The third-order valence-corrected chi connectivity index (χ3v) is 9.08. The summed E-state index contributed by atoms with van der Waals surface area (Å²) < 4.78 is 12.4. The number of β-amino-alcohol motifs (C(OH)–C–C–N with tert-alkyl or cyclic N) is 1. The van der Waals surface area contributed by atoms with Crippen LogP contribution in [0.2, 0.25) is 0 Å². The van der Waals surface area contributed by atoms with Crippen molar-refractivity contribution in [2.45, 2.75) is 70.7 Å². The lowest BCUT2D eigenvalue weighted by molar-refractivity contribution is -0.155. The van der Waals surface area contributed by atoms with Gasteiger partial charge in [0.25, 0.3) is 0 Å². The van der Waals surface area contributed by atoms with Crippen LogP contribution in [0.25, 0.3) is 0 Å². The Morgan fingerprint density at radius 3 is 2.34 bits per heavy atom. The van der Waals surface area contributed by atoms with E-state index >= 15 is 0 Å². The van der Waals surface area contributed by atoms with Crippen LogP contribution in [0.15, 0.2) is 49.6 Å². The van der Waals surface area contributed by atoms with Gasteiger partial charge in [0.05, 0.1) is 30.7 Å². The zero-order valence-corrected chi connectivity index (χ0v) is 25.3. The minimum Gasteiger partial charge on any atom is -0.494 e. The number of carbonyl (C=O) groups is 3. The average molecular weight is 568 g/mol. The molecule has 0 radical (unpaired) electrons. The first kappa shape index (κ1) is 30.8. The second-order valence-corrected chi connectivity index (χ2v) is 12.5. The minimum atomic E-state index is -1.19. The molecule has 0 aliphatic carbocycles. The fourth-order valence-corrected chi connectivity index (χ4v) is 7.22. The zero-order valence-electron chi connectivity index (χ0n) is 25.3. The number of nitrogens with zero attached hydrogens (tertiary/aromatic N) is 3. The molecule has 9 heteroatoms. The van der Waals surface area contributed by atoms with Crippen LogP contribution in [0.5, 0.6) is 5.75 Å². The quantitative estimate of drug-likeness (QED) is 0.412. The highest BCUT2D eigenvalue weighted by Crippen LogP contribution is 2.65. The van der Waals surface area contributed by atoms with Crippen LogP contribution in [0.1, 0.15) is 48.0 Å². The van der Waals surface area contributed by atoms with Crippen LogP contribution in [-0.2, 0) is 19.1 Å². The van der Waals surface area contributed by atoms with Crippen LogP contribution >= 0.6 is 0 Å². The van der Waals surface area contributed by atoms with Crippen LogP contribution in [0.3, 0.4) is 0 Å². The number of likely N-dealkylation sites (tertiary alicyclic amines) is 1. The zero-order chi connectivity index (χ0) is 30.3. The van der Waals surface area contributed by atoms with Crippen LogP contribution < -0.4 is 9.64 Å². The van der Waals surface area contributed by atoms with Gasteiger partial charge >= 0.3 is 0 Å². The smallest absolute Gasteiger partial charge is 0.249 e. The van der Waals surface area contributed by atoms with E-state index in [9.17, 15) is 19.5 Å². The molecule has 1 aromatic carbocycles. The van der Waals surface area contributed by atoms with Crippen molar-refractivity contribution >= 4 is 23.4 Å². The van der Waals surface area contributed by atoms with Gasteiger partial charge in [-0.05, 0) is 71.2 Å². The molecule has 3 heterocycles. The predicted octanol–water partition coefficient (Wildman–Crippen LogP) is 3.42. The summed E-state index contributed by atoms with van der Waals surface area (Å²) in [5.41, 5.74) is -2.05. The summed E-state index contributed by atoms with van der Waals surface area (Å²) in [5, 5.41) is 9.95. The Hall–Kier alpha value is -3.17. The van der Waals surface area contributed by atoms with Crippen molar-refractivity contribution in [3.63, 3.8) is 0 Å². The van der Waals surface area contributed by atoms with Gasteiger partial charge in [0.2, 0.25) is 17.7 Å². The number of carbonyl (C=O) groups excluding carboxylic acids is 3. The monoisotopic (exact) mass is 567 g/mol. The van der Waals surface area contributed by atoms with Crippen LogP contribution in [0, 0.1) is 17.8 Å². The van der Waals surface area contributed by atoms with Gasteiger partial charge in [0.15, 0.2) is 0 Å². The van der Waals surface area contributed by atoms with Crippen molar-refractivity contribution in [3.05, 3.63) is 49.6 Å². The fraction of sp³-hybridized carbons (Fsp3) is 0.594. The number of aliphatic hydroxyl groups excluding tert-OH is 1. The number of rotatable bonds is 11. The van der Waals surface area contributed by atoms with Gasteiger partial charge in [-0.2, -0.15) is 0 Å². The molecule has 3 aliphatic heterocycles. The molecule has 41 heavy (non-hydrogen) atoms. The van der Waals surface area contributed by atoms with E-state index in [1.807, 2.05) is 65.8 Å². The van der Waals surface area contributed by atoms with E-state index in [1.165, 1.54) is 4.90 Å². The number of fused-ring (bicyclic) bond motifs is 1. The molecule has 6 atom stereocenters. The lowest BCUT2D eigenvalue weighted by atomic mass is 9.62. The van der Waals surface area contributed by atoms with Crippen molar-refractivity contribution < 1.29 is 29.0 Å². The third-order valence-electron chi connectivity index (χ3n) is 9.08. The highest BCUT2D eigenvalue weighted by atomic mass is 16.5. The molecule has 1 aromatic rings. The number of benzene rings is 1. The summed E-state index contributed by atoms with van der Waals surface area (Å²) in [7, 11) is 0. The Labute approximate surface area is 243 Å². The molecule has 0 saturated carbocycles. The van der Waals surface area contributed by atoms with Gasteiger partial charge in [-0.15, -0.1) is 13.2 Å². The van der Waals surface area contributed by atoms with E-state index in [0.29, 0.717) is 31.0 Å². The minimum absolute atomic E-state index is 0.0236. The molecule has 4 rings (SSSR count). The normalized spacial score (nSPS) is 30.2.